The molecule has 5 heteroatoms. The smallest absolute Gasteiger partial charge is 0.337 e. The van der Waals surface area contributed by atoms with Crippen LogP contribution in [0, 0.1) is 0 Å². The summed E-state index contributed by atoms with van der Waals surface area (Å²) in [6.45, 7) is 3.51. The Morgan fingerprint density at radius 1 is 1.62 bits per heavy atom. The Bertz CT molecular complexity index is 238. The molecule has 1 rings (SSSR count). The summed E-state index contributed by atoms with van der Waals surface area (Å²) < 4.78 is 4.36. The third-order valence-electron chi connectivity index (χ3n) is 1.76. The van der Waals surface area contributed by atoms with Crippen LogP contribution in [0.2, 0.25) is 0 Å². The van der Waals surface area contributed by atoms with E-state index in [4.69, 9.17) is 5.11 Å². The molecule has 0 aromatic heterocycles. The maximum Gasteiger partial charge on any atom is 0.337 e. The molecule has 0 spiro atoms. The molecule has 2 N–H and O–H groups in total. The molecule has 5 nitrogen and oxygen atoms in total. The number of carbonyl (C=O) groups excluding carboxylic acids is 2. The van der Waals surface area contributed by atoms with Crippen molar-refractivity contribution < 1.29 is 19.4 Å². The van der Waals surface area contributed by atoms with Crippen LogP contribution in [-0.2, 0) is 14.3 Å². The van der Waals surface area contributed by atoms with Crippen LogP contribution in [0.5, 0.6) is 0 Å². The first-order valence-electron chi connectivity index (χ1n) is 3.93. The van der Waals surface area contributed by atoms with Gasteiger partial charge in [-0.25, -0.2) is 9.59 Å². The minimum absolute atomic E-state index is 0.281. The van der Waals surface area contributed by atoms with Crippen LogP contribution in [0.1, 0.15) is 6.42 Å². The maximum absolute atomic E-state index is 11.1. The van der Waals surface area contributed by atoms with Gasteiger partial charge in [0, 0.05) is 19.0 Å². The number of hydrogen-bond acceptors (Lipinski definition) is 5. The third kappa shape index (κ3) is 2.64. The molecule has 0 amide bonds. The number of aliphatic hydroxyl groups excluding tert-OH is 1. The van der Waals surface area contributed by atoms with Crippen molar-refractivity contribution in [1.82, 2.24) is 5.32 Å². The van der Waals surface area contributed by atoms with E-state index in [1.807, 2.05) is 0 Å². The number of nitrogens with one attached hydrogen (secondary N) is 1. The van der Waals surface area contributed by atoms with E-state index in [2.05, 4.69) is 16.6 Å². The van der Waals surface area contributed by atoms with E-state index in [0.29, 0.717) is 6.54 Å². The van der Waals surface area contributed by atoms with Crippen molar-refractivity contribution in [2.75, 3.05) is 6.54 Å². The quantitative estimate of drug-likeness (QED) is 0.326. The molecule has 1 heterocycles. The molecule has 0 aromatic carbocycles. The summed E-state index contributed by atoms with van der Waals surface area (Å²) in [5.41, 5.74) is 0. The van der Waals surface area contributed by atoms with Crippen LogP contribution in [0.15, 0.2) is 12.7 Å². The van der Waals surface area contributed by atoms with E-state index in [0.717, 1.165) is 6.08 Å². The summed E-state index contributed by atoms with van der Waals surface area (Å²) in [6, 6.07) is -0.584. The van der Waals surface area contributed by atoms with Gasteiger partial charge in [-0.3, -0.25) is 0 Å². The fourth-order valence-electron chi connectivity index (χ4n) is 1.11. The zero-order chi connectivity index (χ0) is 9.84. The molecule has 0 aliphatic carbocycles. The minimum atomic E-state index is -0.770. The van der Waals surface area contributed by atoms with Gasteiger partial charge in [-0.1, -0.05) is 6.58 Å². The van der Waals surface area contributed by atoms with Crippen LogP contribution >= 0.6 is 0 Å². The molecule has 0 radical (unpaired) electrons. The second kappa shape index (κ2) is 4.15. The van der Waals surface area contributed by atoms with E-state index in [1.165, 1.54) is 0 Å². The Labute approximate surface area is 75.4 Å². The Morgan fingerprint density at radius 3 is 2.77 bits per heavy atom. The van der Waals surface area contributed by atoms with Gasteiger partial charge in [0.2, 0.25) is 0 Å². The van der Waals surface area contributed by atoms with E-state index in [-0.39, 0.29) is 6.42 Å². The van der Waals surface area contributed by atoms with Crippen molar-refractivity contribution >= 4 is 11.9 Å². The van der Waals surface area contributed by atoms with Crippen molar-refractivity contribution in [2.24, 2.45) is 0 Å². The van der Waals surface area contributed by atoms with Crippen molar-refractivity contribution in [3.05, 3.63) is 12.7 Å². The van der Waals surface area contributed by atoms with Crippen LogP contribution in [-0.4, -0.2) is 35.7 Å². The van der Waals surface area contributed by atoms with Gasteiger partial charge in [-0.2, -0.15) is 0 Å². The second-order valence-corrected chi connectivity index (χ2v) is 2.79. The lowest BCUT2D eigenvalue weighted by Crippen LogP contribution is -2.33. The van der Waals surface area contributed by atoms with Gasteiger partial charge in [0.15, 0.2) is 0 Å². The predicted molar refractivity (Wildman–Crippen MR) is 43.7 cm³/mol. The fourth-order valence-corrected chi connectivity index (χ4v) is 1.11. The Morgan fingerprint density at radius 2 is 2.31 bits per heavy atom. The van der Waals surface area contributed by atoms with Gasteiger partial charge in [-0.05, 0) is 0 Å². The molecule has 2 atom stereocenters. The minimum Gasteiger partial charge on any atom is -0.392 e. The second-order valence-electron chi connectivity index (χ2n) is 2.79. The maximum atomic E-state index is 11.1. The average Bonchev–Trinajstić information content (AvgIpc) is 2.51. The van der Waals surface area contributed by atoms with Gasteiger partial charge in [-0.15, -0.1) is 0 Å². The Hall–Kier alpha value is -1.20. The van der Waals surface area contributed by atoms with E-state index >= 15 is 0 Å². The van der Waals surface area contributed by atoms with Gasteiger partial charge < -0.3 is 15.2 Å². The lowest BCUT2D eigenvalue weighted by molar-refractivity contribution is -0.157. The van der Waals surface area contributed by atoms with Crippen LogP contribution in [0.25, 0.3) is 0 Å². The molecule has 1 aliphatic heterocycles. The summed E-state index contributed by atoms with van der Waals surface area (Å²) in [6.07, 6.45) is 0.656. The lowest BCUT2D eigenvalue weighted by atomic mass is 10.2. The molecule has 13 heavy (non-hydrogen) atoms. The first kappa shape index (κ1) is 9.88. The van der Waals surface area contributed by atoms with Gasteiger partial charge in [0.25, 0.3) is 0 Å². The zero-order valence-electron chi connectivity index (χ0n) is 7.03. The molecule has 1 aliphatic rings. The lowest BCUT2D eigenvalue weighted by Gasteiger charge is -2.06. The number of carbonyl (C=O) groups is 2. The summed E-state index contributed by atoms with van der Waals surface area (Å²) in [4.78, 5) is 21.7. The van der Waals surface area contributed by atoms with Crippen LogP contribution in [0.3, 0.4) is 0 Å². The number of ether oxygens (including phenoxy) is 1. The number of aliphatic hydroxyl groups is 1. The molecule has 0 bridgehead atoms. The molecule has 0 unspecified atom stereocenters. The first-order valence-corrected chi connectivity index (χ1v) is 3.93. The molecular formula is C8H11NO4. The van der Waals surface area contributed by atoms with Crippen LogP contribution < -0.4 is 5.32 Å². The van der Waals surface area contributed by atoms with Crippen molar-refractivity contribution in [3.63, 3.8) is 0 Å². The molecule has 0 aromatic rings. The predicted octanol–water partition coefficient (Wildman–Crippen LogP) is -1.04. The molecule has 72 valence electrons. The Balaban J connectivity index is 2.40. The largest absolute Gasteiger partial charge is 0.392 e. The van der Waals surface area contributed by atoms with Crippen molar-refractivity contribution in [2.45, 2.75) is 18.6 Å². The number of hydrogen-bond donors (Lipinski definition) is 2. The normalized spacial score (nSPS) is 26.8. The topological polar surface area (TPSA) is 75.6 Å². The molecule has 1 fully saturated rings. The molecular weight excluding hydrogens is 174 g/mol. The monoisotopic (exact) mass is 185 g/mol. The molecule has 0 saturated carbocycles. The van der Waals surface area contributed by atoms with Gasteiger partial charge in [0.05, 0.1) is 6.10 Å². The fraction of sp³-hybridized carbons (Fsp3) is 0.500. The standard InChI is InChI=1S/C8H11NO4/c1-2-7(11)13-8(12)6-3-5(10)4-9-6/h2,5-6,9-10H,1,3-4H2/t5-,6+/m0/s1. The third-order valence-corrected chi connectivity index (χ3v) is 1.76. The van der Waals surface area contributed by atoms with E-state index < -0.39 is 24.1 Å². The summed E-state index contributed by atoms with van der Waals surface area (Å²) in [7, 11) is 0. The number of rotatable bonds is 2. The average molecular weight is 185 g/mol. The highest BCUT2D eigenvalue weighted by Crippen LogP contribution is 2.07. The van der Waals surface area contributed by atoms with Crippen LogP contribution in [0.4, 0.5) is 0 Å². The molecule has 1 saturated heterocycles. The highest BCUT2D eigenvalue weighted by atomic mass is 16.6. The van der Waals surface area contributed by atoms with Gasteiger partial charge >= 0.3 is 11.9 Å². The Kier molecular flexibility index (Phi) is 3.16. The highest BCUT2D eigenvalue weighted by Gasteiger charge is 2.30. The van der Waals surface area contributed by atoms with Crippen molar-refractivity contribution in [3.8, 4) is 0 Å². The summed E-state index contributed by atoms with van der Waals surface area (Å²) in [5.74, 6) is -1.44. The first-order chi connectivity index (χ1) is 6.13. The SMILES string of the molecule is C=CC(=O)OC(=O)[C@H]1C[C@H](O)CN1. The van der Waals surface area contributed by atoms with Gasteiger partial charge in [0.1, 0.15) is 6.04 Å². The summed E-state index contributed by atoms with van der Waals surface area (Å²) >= 11 is 0. The van der Waals surface area contributed by atoms with E-state index in [1.54, 1.807) is 0 Å². The number of esters is 2. The number of β-amino-alcohol motifs (C(OH)–C–C–N with tert-alkyl or cyclic N) is 1. The summed E-state index contributed by atoms with van der Waals surface area (Å²) in [5, 5.41) is 11.8. The highest BCUT2D eigenvalue weighted by molar-refractivity contribution is 5.93. The zero-order valence-corrected chi connectivity index (χ0v) is 7.03. The van der Waals surface area contributed by atoms with Crippen molar-refractivity contribution in [1.29, 1.82) is 0 Å². The van der Waals surface area contributed by atoms with E-state index in [9.17, 15) is 9.59 Å².